The van der Waals surface area contributed by atoms with Crippen LogP contribution in [-0.2, 0) is 0 Å². The van der Waals surface area contributed by atoms with E-state index in [9.17, 15) is 4.39 Å². The van der Waals surface area contributed by atoms with Crippen molar-refractivity contribution in [1.29, 1.82) is 0 Å². The van der Waals surface area contributed by atoms with Gasteiger partial charge in [0.25, 0.3) is 0 Å². The van der Waals surface area contributed by atoms with Crippen molar-refractivity contribution >= 4 is 0 Å². The second-order valence-electron chi connectivity index (χ2n) is 7.61. The van der Waals surface area contributed by atoms with Crippen LogP contribution in [0.25, 0.3) is 0 Å². The molecule has 2 aliphatic rings. The molecule has 0 spiro atoms. The number of halogens is 1. The van der Waals surface area contributed by atoms with Crippen molar-refractivity contribution in [3.05, 3.63) is 42.2 Å². The summed E-state index contributed by atoms with van der Waals surface area (Å²) >= 11 is 0. The number of allylic oxidation sites excluding steroid dienone is 1. The molecule has 24 heavy (non-hydrogen) atoms. The third-order valence-electron chi connectivity index (χ3n) is 6.26. The molecule has 2 heteroatoms. The Hall–Kier alpha value is -1.31. The van der Waals surface area contributed by atoms with Crippen molar-refractivity contribution in [3.63, 3.8) is 0 Å². The van der Waals surface area contributed by atoms with Crippen LogP contribution in [0.1, 0.15) is 69.8 Å². The first-order valence-electron chi connectivity index (χ1n) is 9.79. The van der Waals surface area contributed by atoms with Gasteiger partial charge in [0.05, 0.1) is 12.9 Å². The Morgan fingerprint density at radius 3 is 2.04 bits per heavy atom. The second-order valence-corrected chi connectivity index (χ2v) is 7.61. The van der Waals surface area contributed by atoms with Gasteiger partial charge in [0.15, 0.2) is 0 Å². The summed E-state index contributed by atoms with van der Waals surface area (Å²) < 4.78 is 17.9. The fraction of sp³-hybridized carbons (Fsp3) is 0.636. The summed E-state index contributed by atoms with van der Waals surface area (Å²) in [5.74, 6) is 3.98. The molecular weight excluding hydrogens is 299 g/mol. The minimum absolute atomic E-state index is 0.492. The highest BCUT2D eigenvalue weighted by Gasteiger charge is 2.30. The fourth-order valence-corrected chi connectivity index (χ4v) is 4.84. The molecule has 0 radical (unpaired) electrons. The first-order valence-corrected chi connectivity index (χ1v) is 9.79. The summed E-state index contributed by atoms with van der Waals surface area (Å²) in [6.45, 7) is 2.75. The molecule has 132 valence electrons. The summed E-state index contributed by atoms with van der Waals surface area (Å²) in [5.41, 5.74) is 1.48. The summed E-state index contributed by atoms with van der Waals surface area (Å²) in [6.07, 6.45) is 12.9. The molecule has 0 amide bonds. The molecule has 2 fully saturated rings. The number of rotatable bonds is 5. The van der Waals surface area contributed by atoms with Gasteiger partial charge in [0.1, 0.15) is 5.75 Å². The van der Waals surface area contributed by atoms with Gasteiger partial charge in [-0.2, -0.15) is 0 Å². The van der Waals surface area contributed by atoms with E-state index in [4.69, 9.17) is 4.74 Å². The van der Waals surface area contributed by atoms with Crippen molar-refractivity contribution in [1.82, 2.24) is 0 Å². The SMILES string of the molecule is CCOc1ccc([C@H]2CC[C@H]([C@H]3CC[C@H](C=CF)CC3)CC2)cc1. The van der Waals surface area contributed by atoms with Gasteiger partial charge in [-0.25, -0.2) is 4.39 Å². The maximum Gasteiger partial charge on any atom is 0.119 e. The van der Waals surface area contributed by atoms with Crippen LogP contribution < -0.4 is 4.74 Å². The lowest BCUT2D eigenvalue weighted by molar-refractivity contribution is 0.171. The van der Waals surface area contributed by atoms with Crippen LogP contribution in [0.4, 0.5) is 4.39 Å². The van der Waals surface area contributed by atoms with Crippen molar-refractivity contribution in [3.8, 4) is 5.75 Å². The van der Waals surface area contributed by atoms with Crippen LogP contribution in [-0.4, -0.2) is 6.61 Å². The molecule has 0 unspecified atom stereocenters. The number of hydrogen-bond acceptors (Lipinski definition) is 1. The minimum atomic E-state index is 0.492. The summed E-state index contributed by atoms with van der Waals surface area (Å²) in [4.78, 5) is 0. The van der Waals surface area contributed by atoms with Gasteiger partial charge in [-0.05, 0) is 99.7 Å². The van der Waals surface area contributed by atoms with E-state index in [0.717, 1.165) is 36.4 Å². The van der Waals surface area contributed by atoms with Crippen LogP contribution in [0.3, 0.4) is 0 Å². The van der Waals surface area contributed by atoms with E-state index in [1.165, 1.54) is 56.9 Å². The first-order chi connectivity index (χ1) is 11.8. The monoisotopic (exact) mass is 330 g/mol. The third kappa shape index (κ3) is 4.40. The van der Waals surface area contributed by atoms with E-state index in [2.05, 4.69) is 24.3 Å². The second kappa shape index (κ2) is 8.69. The first kappa shape index (κ1) is 17.5. The minimum Gasteiger partial charge on any atom is -0.494 e. The molecule has 3 rings (SSSR count). The Morgan fingerprint density at radius 1 is 0.917 bits per heavy atom. The molecule has 0 N–H and O–H groups in total. The predicted octanol–water partition coefficient (Wildman–Crippen LogP) is 6.65. The van der Waals surface area contributed by atoms with Crippen LogP contribution in [0, 0.1) is 17.8 Å². The summed E-state index contributed by atoms with van der Waals surface area (Å²) in [6, 6.07) is 8.74. The van der Waals surface area contributed by atoms with Gasteiger partial charge in [-0.1, -0.05) is 18.2 Å². The van der Waals surface area contributed by atoms with Gasteiger partial charge in [0, 0.05) is 0 Å². The molecule has 2 saturated carbocycles. The Kier molecular flexibility index (Phi) is 6.34. The quantitative estimate of drug-likeness (QED) is 0.587. The Balaban J connectivity index is 1.47. The molecule has 2 aliphatic carbocycles. The average molecular weight is 330 g/mol. The molecule has 1 aromatic rings. The highest BCUT2D eigenvalue weighted by atomic mass is 19.1. The van der Waals surface area contributed by atoms with Crippen LogP contribution in [0.15, 0.2) is 36.7 Å². The van der Waals surface area contributed by atoms with Crippen LogP contribution >= 0.6 is 0 Å². The van der Waals surface area contributed by atoms with E-state index in [0.29, 0.717) is 5.92 Å². The maximum atomic E-state index is 12.3. The Labute approximate surface area is 146 Å². The number of benzene rings is 1. The van der Waals surface area contributed by atoms with Crippen molar-refractivity contribution in [2.45, 2.75) is 64.2 Å². The molecule has 0 aromatic heterocycles. The molecule has 0 heterocycles. The van der Waals surface area contributed by atoms with E-state index < -0.39 is 0 Å². The molecule has 0 bridgehead atoms. The van der Waals surface area contributed by atoms with E-state index in [1.54, 1.807) is 6.08 Å². The maximum absolute atomic E-state index is 12.3. The highest BCUT2D eigenvalue weighted by Crippen LogP contribution is 2.44. The summed E-state index contributed by atoms with van der Waals surface area (Å²) in [7, 11) is 0. The van der Waals surface area contributed by atoms with E-state index in [-0.39, 0.29) is 0 Å². The highest BCUT2D eigenvalue weighted by molar-refractivity contribution is 5.29. The number of ether oxygens (including phenoxy) is 1. The zero-order chi connectivity index (χ0) is 16.8. The Morgan fingerprint density at radius 2 is 1.50 bits per heavy atom. The molecule has 0 atom stereocenters. The molecular formula is C22H31FO. The number of hydrogen-bond donors (Lipinski definition) is 0. The average Bonchev–Trinajstić information content (AvgIpc) is 2.64. The molecule has 1 aromatic carbocycles. The van der Waals surface area contributed by atoms with Crippen molar-refractivity contribution in [2.24, 2.45) is 17.8 Å². The van der Waals surface area contributed by atoms with Gasteiger partial charge in [0.2, 0.25) is 0 Å². The molecule has 1 nitrogen and oxygen atoms in total. The van der Waals surface area contributed by atoms with Gasteiger partial charge < -0.3 is 4.74 Å². The van der Waals surface area contributed by atoms with Crippen molar-refractivity contribution in [2.75, 3.05) is 6.61 Å². The van der Waals surface area contributed by atoms with E-state index in [1.807, 2.05) is 6.92 Å². The largest absolute Gasteiger partial charge is 0.494 e. The fourth-order valence-electron chi connectivity index (χ4n) is 4.84. The molecule has 0 saturated heterocycles. The smallest absolute Gasteiger partial charge is 0.119 e. The summed E-state index contributed by atoms with van der Waals surface area (Å²) in [5, 5.41) is 0. The predicted molar refractivity (Wildman–Crippen MR) is 98.0 cm³/mol. The van der Waals surface area contributed by atoms with Crippen LogP contribution in [0.2, 0.25) is 0 Å². The zero-order valence-corrected chi connectivity index (χ0v) is 14.9. The van der Waals surface area contributed by atoms with Gasteiger partial charge in [-0.15, -0.1) is 0 Å². The van der Waals surface area contributed by atoms with E-state index >= 15 is 0 Å². The lowest BCUT2D eigenvalue weighted by atomic mass is 9.68. The van der Waals surface area contributed by atoms with Crippen molar-refractivity contribution < 1.29 is 9.13 Å². The Bertz CT molecular complexity index is 505. The van der Waals surface area contributed by atoms with Gasteiger partial charge >= 0.3 is 0 Å². The topological polar surface area (TPSA) is 9.23 Å². The standard InChI is InChI=1S/C22H31FO/c1-2-24-22-13-11-21(12-14-22)20-9-7-19(8-10-20)18-5-3-17(4-6-18)15-16-23/h11-20H,2-10H2,1H3/t17-,18-,19-,20-. The van der Waals surface area contributed by atoms with Gasteiger partial charge in [-0.3, -0.25) is 0 Å². The lowest BCUT2D eigenvalue weighted by Crippen LogP contribution is -2.25. The molecule has 0 aliphatic heterocycles. The van der Waals surface area contributed by atoms with Crippen LogP contribution in [0.5, 0.6) is 5.75 Å². The normalized spacial score (nSPS) is 31.2. The lowest BCUT2D eigenvalue weighted by Gasteiger charge is -2.37. The third-order valence-corrected chi connectivity index (χ3v) is 6.26. The zero-order valence-electron chi connectivity index (χ0n) is 14.9.